The minimum atomic E-state index is -0.210. The van der Waals surface area contributed by atoms with Crippen molar-refractivity contribution in [1.82, 2.24) is 9.78 Å². The molecule has 1 N–H and O–H groups in total. The molecule has 1 heterocycles. The Morgan fingerprint density at radius 1 is 1.37 bits per heavy atom. The molecular formula is C14H17BrFN3. The number of hydrogen-bond donors (Lipinski definition) is 1. The number of anilines is 1. The van der Waals surface area contributed by atoms with Gasteiger partial charge >= 0.3 is 0 Å². The van der Waals surface area contributed by atoms with E-state index in [-0.39, 0.29) is 5.82 Å². The largest absolute Gasteiger partial charge is 0.379 e. The highest BCUT2D eigenvalue weighted by atomic mass is 79.9. The molecule has 0 unspecified atom stereocenters. The van der Waals surface area contributed by atoms with Crippen LogP contribution in [0, 0.1) is 19.7 Å². The van der Waals surface area contributed by atoms with E-state index in [1.54, 1.807) is 6.07 Å². The molecule has 2 rings (SSSR count). The summed E-state index contributed by atoms with van der Waals surface area (Å²) in [5, 5.41) is 7.78. The van der Waals surface area contributed by atoms with E-state index in [0.717, 1.165) is 33.7 Å². The van der Waals surface area contributed by atoms with Gasteiger partial charge in [-0.05, 0) is 60.5 Å². The van der Waals surface area contributed by atoms with Gasteiger partial charge in [0.25, 0.3) is 0 Å². The van der Waals surface area contributed by atoms with Crippen LogP contribution in [0.3, 0.4) is 0 Å². The molecular weight excluding hydrogens is 309 g/mol. The number of rotatable bonds is 4. The standard InChI is InChI=1S/C14H17BrFN3/c1-4-19-13(14(15)10(3)18-19)8-17-12-6-5-11(16)7-9(12)2/h5-7,17H,4,8H2,1-3H3. The Hall–Kier alpha value is -1.36. The molecule has 5 heteroatoms. The van der Waals surface area contributed by atoms with Crippen LogP contribution >= 0.6 is 15.9 Å². The molecule has 1 aromatic heterocycles. The minimum Gasteiger partial charge on any atom is -0.379 e. The number of nitrogens with one attached hydrogen (secondary N) is 1. The van der Waals surface area contributed by atoms with E-state index in [9.17, 15) is 4.39 Å². The number of aryl methyl sites for hydroxylation is 3. The Bertz CT molecular complexity index is 593. The van der Waals surface area contributed by atoms with Crippen molar-refractivity contribution in [3.8, 4) is 0 Å². The number of aromatic nitrogens is 2. The van der Waals surface area contributed by atoms with Crippen LogP contribution in [0.1, 0.15) is 23.9 Å². The van der Waals surface area contributed by atoms with Gasteiger partial charge in [0.05, 0.1) is 22.4 Å². The molecule has 0 aliphatic heterocycles. The van der Waals surface area contributed by atoms with Gasteiger partial charge in [-0.1, -0.05) is 0 Å². The zero-order chi connectivity index (χ0) is 14.0. The third kappa shape index (κ3) is 2.97. The summed E-state index contributed by atoms with van der Waals surface area (Å²) in [6.07, 6.45) is 0. The molecule has 19 heavy (non-hydrogen) atoms. The second-order valence-corrected chi connectivity index (χ2v) is 5.27. The van der Waals surface area contributed by atoms with Crippen LogP contribution in [0.25, 0.3) is 0 Å². The predicted molar refractivity (Wildman–Crippen MR) is 78.8 cm³/mol. The summed E-state index contributed by atoms with van der Waals surface area (Å²) >= 11 is 3.56. The zero-order valence-corrected chi connectivity index (χ0v) is 12.9. The molecule has 102 valence electrons. The van der Waals surface area contributed by atoms with Gasteiger partial charge in [0.1, 0.15) is 5.82 Å². The van der Waals surface area contributed by atoms with Gasteiger partial charge in [-0.2, -0.15) is 5.10 Å². The van der Waals surface area contributed by atoms with E-state index in [1.165, 1.54) is 12.1 Å². The van der Waals surface area contributed by atoms with Crippen molar-refractivity contribution in [3.05, 3.63) is 45.4 Å². The maximum atomic E-state index is 13.0. The van der Waals surface area contributed by atoms with Crippen molar-refractivity contribution in [2.24, 2.45) is 0 Å². The first-order chi connectivity index (χ1) is 9.02. The van der Waals surface area contributed by atoms with E-state index in [1.807, 2.05) is 18.5 Å². The normalized spacial score (nSPS) is 10.8. The average Bonchev–Trinajstić information content (AvgIpc) is 2.65. The average molecular weight is 326 g/mol. The van der Waals surface area contributed by atoms with Gasteiger partial charge in [0, 0.05) is 12.2 Å². The second-order valence-electron chi connectivity index (χ2n) is 4.47. The summed E-state index contributed by atoms with van der Waals surface area (Å²) in [5.41, 5.74) is 3.92. The van der Waals surface area contributed by atoms with Crippen LogP contribution < -0.4 is 5.32 Å². The smallest absolute Gasteiger partial charge is 0.123 e. The summed E-state index contributed by atoms with van der Waals surface area (Å²) in [6, 6.07) is 4.75. The number of hydrogen-bond acceptors (Lipinski definition) is 2. The highest BCUT2D eigenvalue weighted by molar-refractivity contribution is 9.10. The predicted octanol–water partition coefficient (Wildman–Crippen LogP) is 4.03. The second kappa shape index (κ2) is 5.74. The van der Waals surface area contributed by atoms with Gasteiger partial charge in [0.15, 0.2) is 0 Å². The lowest BCUT2D eigenvalue weighted by atomic mass is 10.2. The van der Waals surface area contributed by atoms with Crippen LogP contribution in [0.5, 0.6) is 0 Å². The van der Waals surface area contributed by atoms with Crippen molar-refractivity contribution >= 4 is 21.6 Å². The molecule has 0 radical (unpaired) electrons. The van der Waals surface area contributed by atoms with Gasteiger partial charge in [-0.15, -0.1) is 0 Å². The van der Waals surface area contributed by atoms with Crippen LogP contribution in [0.15, 0.2) is 22.7 Å². The van der Waals surface area contributed by atoms with Crippen molar-refractivity contribution in [2.45, 2.75) is 33.9 Å². The first kappa shape index (κ1) is 14.1. The fourth-order valence-electron chi connectivity index (χ4n) is 2.04. The maximum absolute atomic E-state index is 13.0. The Kier molecular flexibility index (Phi) is 4.24. The number of halogens is 2. The Balaban J connectivity index is 2.18. The van der Waals surface area contributed by atoms with Gasteiger partial charge in [-0.25, -0.2) is 4.39 Å². The van der Waals surface area contributed by atoms with Crippen molar-refractivity contribution in [3.63, 3.8) is 0 Å². The lowest BCUT2D eigenvalue weighted by Crippen LogP contribution is -2.09. The molecule has 0 spiro atoms. The highest BCUT2D eigenvalue weighted by Crippen LogP contribution is 2.23. The monoisotopic (exact) mass is 325 g/mol. The van der Waals surface area contributed by atoms with Crippen molar-refractivity contribution in [2.75, 3.05) is 5.32 Å². The number of nitrogens with zero attached hydrogens (tertiary/aromatic N) is 2. The Morgan fingerprint density at radius 2 is 2.11 bits per heavy atom. The quantitative estimate of drug-likeness (QED) is 0.919. The molecule has 2 aromatic rings. The van der Waals surface area contributed by atoms with E-state index in [0.29, 0.717) is 6.54 Å². The van der Waals surface area contributed by atoms with Crippen LogP contribution in [0.4, 0.5) is 10.1 Å². The molecule has 0 fully saturated rings. The van der Waals surface area contributed by atoms with E-state index in [4.69, 9.17) is 0 Å². The third-order valence-electron chi connectivity index (χ3n) is 3.09. The van der Waals surface area contributed by atoms with Gasteiger partial charge < -0.3 is 5.32 Å². The highest BCUT2D eigenvalue weighted by Gasteiger charge is 2.12. The first-order valence-electron chi connectivity index (χ1n) is 6.24. The lowest BCUT2D eigenvalue weighted by molar-refractivity contribution is 0.621. The summed E-state index contributed by atoms with van der Waals surface area (Å²) in [7, 11) is 0. The fraction of sp³-hybridized carbons (Fsp3) is 0.357. The maximum Gasteiger partial charge on any atom is 0.123 e. The zero-order valence-electron chi connectivity index (χ0n) is 11.3. The Labute approximate surface area is 121 Å². The van der Waals surface area contributed by atoms with Gasteiger partial charge in [0.2, 0.25) is 0 Å². The van der Waals surface area contributed by atoms with Crippen LogP contribution in [0.2, 0.25) is 0 Å². The SMILES string of the molecule is CCn1nc(C)c(Br)c1CNc1ccc(F)cc1C. The van der Waals surface area contributed by atoms with E-state index >= 15 is 0 Å². The summed E-state index contributed by atoms with van der Waals surface area (Å²) in [6.45, 7) is 7.41. The molecule has 0 saturated carbocycles. The van der Waals surface area contributed by atoms with Crippen molar-refractivity contribution in [1.29, 1.82) is 0 Å². The molecule has 0 aliphatic carbocycles. The first-order valence-corrected chi connectivity index (χ1v) is 7.04. The molecule has 0 atom stereocenters. The summed E-state index contributed by atoms with van der Waals surface area (Å²) < 4.78 is 16.0. The molecule has 0 amide bonds. The lowest BCUT2D eigenvalue weighted by Gasteiger charge is -2.11. The Morgan fingerprint density at radius 3 is 2.74 bits per heavy atom. The molecule has 0 bridgehead atoms. The molecule has 0 saturated heterocycles. The minimum absolute atomic E-state index is 0.210. The topological polar surface area (TPSA) is 29.9 Å². The molecule has 1 aromatic carbocycles. The summed E-state index contributed by atoms with van der Waals surface area (Å²) in [5.74, 6) is -0.210. The van der Waals surface area contributed by atoms with E-state index < -0.39 is 0 Å². The van der Waals surface area contributed by atoms with Gasteiger partial charge in [-0.3, -0.25) is 4.68 Å². The summed E-state index contributed by atoms with van der Waals surface area (Å²) in [4.78, 5) is 0. The van der Waals surface area contributed by atoms with Crippen LogP contribution in [-0.2, 0) is 13.1 Å². The molecule has 0 aliphatic rings. The van der Waals surface area contributed by atoms with Crippen LogP contribution in [-0.4, -0.2) is 9.78 Å². The fourth-order valence-corrected chi connectivity index (χ4v) is 2.47. The molecule has 3 nitrogen and oxygen atoms in total. The third-order valence-corrected chi connectivity index (χ3v) is 4.12. The van der Waals surface area contributed by atoms with Crippen molar-refractivity contribution < 1.29 is 4.39 Å². The number of benzene rings is 1. The van der Waals surface area contributed by atoms with E-state index in [2.05, 4.69) is 33.3 Å².